The van der Waals surface area contributed by atoms with Crippen LogP contribution in [0, 0.1) is 0 Å². The molecular weight excluding hydrogens is 359 g/mol. The van der Waals surface area contributed by atoms with Gasteiger partial charge in [-0.3, -0.25) is 4.98 Å². The molecule has 3 aromatic heterocycles. The minimum atomic E-state index is -4.66. The molecule has 0 aromatic carbocycles. The molecule has 4 rings (SSSR count). The SMILES string of the molecule is FC(F)(F)c1nc(-c2ccc(N3CCCCC3c3cccnc3)nc2)no1. The predicted octanol–water partition coefficient (Wildman–Crippen LogP) is 4.28. The Morgan fingerprint density at radius 2 is 2.00 bits per heavy atom. The van der Waals surface area contributed by atoms with Gasteiger partial charge in [0.25, 0.3) is 0 Å². The van der Waals surface area contributed by atoms with Crippen molar-refractivity contribution in [2.45, 2.75) is 31.5 Å². The van der Waals surface area contributed by atoms with Crippen molar-refractivity contribution < 1.29 is 17.7 Å². The van der Waals surface area contributed by atoms with Crippen LogP contribution in [0.15, 0.2) is 47.4 Å². The molecule has 1 unspecified atom stereocenters. The highest BCUT2D eigenvalue weighted by molar-refractivity contribution is 5.56. The van der Waals surface area contributed by atoms with Crippen LogP contribution in [0.1, 0.15) is 36.8 Å². The summed E-state index contributed by atoms with van der Waals surface area (Å²) >= 11 is 0. The molecule has 0 radical (unpaired) electrons. The Kier molecular flexibility index (Phi) is 4.51. The zero-order valence-corrected chi connectivity index (χ0v) is 14.2. The van der Waals surface area contributed by atoms with Gasteiger partial charge >= 0.3 is 12.1 Å². The number of halogens is 3. The van der Waals surface area contributed by atoms with Gasteiger partial charge in [-0.25, -0.2) is 4.98 Å². The molecule has 1 fully saturated rings. The van der Waals surface area contributed by atoms with Crippen LogP contribution >= 0.6 is 0 Å². The van der Waals surface area contributed by atoms with Gasteiger partial charge in [-0.15, -0.1) is 0 Å². The van der Waals surface area contributed by atoms with Crippen LogP contribution < -0.4 is 4.90 Å². The number of hydrogen-bond donors (Lipinski definition) is 0. The molecule has 0 amide bonds. The first kappa shape index (κ1) is 17.4. The van der Waals surface area contributed by atoms with Gasteiger partial charge in [-0.2, -0.15) is 18.2 Å². The van der Waals surface area contributed by atoms with Crippen molar-refractivity contribution in [3.63, 3.8) is 0 Å². The largest absolute Gasteiger partial charge is 0.471 e. The number of nitrogens with zero attached hydrogens (tertiary/aromatic N) is 5. The average Bonchev–Trinajstić information content (AvgIpc) is 3.20. The predicted molar refractivity (Wildman–Crippen MR) is 90.7 cm³/mol. The summed E-state index contributed by atoms with van der Waals surface area (Å²) in [6.07, 6.45) is 3.57. The lowest BCUT2D eigenvalue weighted by Crippen LogP contribution is -2.34. The van der Waals surface area contributed by atoms with E-state index in [1.165, 1.54) is 6.20 Å². The molecule has 1 saturated heterocycles. The van der Waals surface area contributed by atoms with Gasteiger partial charge in [-0.05, 0) is 43.0 Å². The Labute approximate surface area is 153 Å². The van der Waals surface area contributed by atoms with Crippen LogP contribution in [0.3, 0.4) is 0 Å². The molecule has 0 bridgehead atoms. The quantitative estimate of drug-likeness (QED) is 0.681. The van der Waals surface area contributed by atoms with Crippen LogP contribution in [0.2, 0.25) is 0 Å². The molecule has 3 aromatic rings. The van der Waals surface area contributed by atoms with Crippen molar-refractivity contribution in [2.75, 3.05) is 11.4 Å². The Balaban J connectivity index is 1.58. The third-order valence-electron chi connectivity index (χ3n) is 4.54. The molecule has 0 saturated carbocycles. The molecule has 27 heavy (non-hydrogen) atoms. The smallest absolute Gasteiger partial charge is 0.350 e. The van der Waals surface area contributed by atoms with Crippen molar-refractivity contribution >= 4 is 5.82 Å². The maximum absolute atomic E-state index is 12.6. The summed E-state index contributed by atoms with van der Waals surface area (Å²) in [6.45, 7) is 0.854. The van der Waals surface area contributed by atoms with E-state index in [1.54, 1.807) is 18.3 Å². The number of piperidine rings is 1. The molecule has 1 aliphatic heterocycles. The number of pyridine rings is 2. The third kappa shape index (κ3) is 3.62. The van der Waals surface area contributed by atoms with Crippen LogP contribution in [0.25, 0.3) is 11.4 Å². The summed E-state index contributed by atoms with van der Waals surface area (Å²) in [5.41, 5.74) is 1.49. The molecule has 1 aliphatic rings. The summed E-state index contributed by atoms with van der Waals surface area (Å²) in [5, 5.41) is 3.39. The van der Waals surface area contributed by atoms with E-state index in [4.69, 9.17) is 0 Å². The highest BCUT2D eigenvalue weighted by atomic mass is 19.4. The van der Waals surface area contributed by atoms with Crippen molar-refractivity contribution in [3.05, 3.63) is 54.3 Å². The van der Waals surface area contributed by atoms with Gasteiger partial charge in [0.1, 0.15) is 5.82 Å². The number of hydrogen-bond acceptors (Lipinski definition) is 6. The summed E-state index contributed by atoms with van der Waals surface area (Å²) in [5.74, 6) is -0.745. The summed E-state index contributed by atoms with van der Waals surface area (Å²) in [6, 6.07) is 7.55. The number of anilines is 1. The number of aromatic nitrogens is 4. The second kappa shape index (κ2) is 6.98. The highest BCUT2D eigenvalue weighted by Crippen LogP contribution is 2.34. The van der Waals surface area contributed by atoms with Gasteiger partial charge in [-0.1, -0.05) is 11.2 Å². The molecule has 6 nitrogen and oxygen atoms in total. The van der Waals surface area contributed by atoms with E-state index in [0.717, 1.165) is 37.2 Å². The molecule has 4 heterocycles. The molecule has 0 N–H and O–H groups in total. The first-order valence-corrected chi connectivity index (χ1v) is 8.56. The monoisotopic (exact) mass is 375 g/mol. The fourth-order valence-corrected chi connectivity index (χ4v) is 3.27. The molecule has 1 atom stereocenters. The van der Waals surface area contributed by atoms with E-state index in [2.05, 4.69) is 29.5 Å². The van der Waals surface area contributed by atoms with E-state index in [1.807, 2.05) is 18.3 Å². The third-order valence-corrected chi connectivity index (χ3v) is 4.54. The standard InChI is InChI=1S/C18H16F3N5O/c19-18(20,21)17-24-16(25-27-17)13-6-7-15(23-11-13)26-9-2-1-5-14(26)12-4-3-8-22-10-12/h3-4,6-8,10-11,14H,1-2,5,9H2. The van der Waals surface area contributed by atoms with Gasteiger partial charge in [0.05, 0.1) is 6.04 Å². The zero-order valence-electron chi connectivity index (χ0n) is 14.2. The van der Waals surface area contributed by atoms with Crippen LogP contribution in [-0.4, -0.2) is 26.7 Å². The summed E-state index contributed by atoms with van der Waals surface area (Å²) in [4.78, 5) is 14.2. The van der Waals surface area contributed by atoms with Gasteiger partial charge < -0.3 is 9.42 Å². The Morgan fingerprint density at radius 3 is 2.67 bits per heavy atom. The minimum Gasteiger partial charge on any atom is -0.350 e. The van der Waals surface area contributed by atoms with Crippen LogP contribution in [0.5, 0.6) is 0 Å². The number of rotatable bonds is 3. The fourth-order valence-electron chi connectivity index (χ4n) is 3.27. The maximum Gasteiger partial charge on any atom is 0.471 e. The van der Waals surface area contributed by atoms with E-state index in [9.17, 15) is 13.2 Å². The Morgan fingerprint density at radius 1 is 1.11 bits per heavy atom. The summed E-state index contributed by atoms with van der Waals surface area (Å²) in [7, 11) is 0. The lowest BCUT2D eigenvalue weighted by Gasteiger charge is -2.36. The van der Waals surface area contributed by atoms with Crippen molar-refractivity contribution in [2.24, 2.45) is 0 Å². The van der Waals surface area contributed by atoms with E-state index in [-0.39, 0.29) is 11.9 Å². The lowest BCUT2D eigenvalue weighted by molar-refractivity contribution is -0.159. The van der Waals surface area contributed by atoms with Gasteiger partial charge in [0.15, 0.2) is 0 Å². The lowest BCUT2D eigenvalue weighted by atomic mass is 9.96. The molecule has 140 valence electrons. The summed E-state index contributed by atoms with van der Waals surface area (Å²) < 4.78 is 42.1. The van der Waals surface area contributed by atoms with Crippen LogP contribution in [-0.2, 0) is 6.18 Å². The van der Waals surface area contributed by atoms with Crippen LogP contribution in [0.4, 0.5) is 19.0 Å². The molecular formula is C18H16F3N5O. The van der Waals surface area contributed by atoms with E-state index >= 15 is 0 Å². The van der Waals surface area contributed by atoms with Crippen molar-refractivity contribution in [1.29, 1.82) is 0 Å². The second-order valence-electron chi connectivity index (χ2n) is 6.32. The first-order valence-electron chi connectivity index (χ1n) is 8.56. The number of alkyl halides is 3. The zero-order chi connectivity index (χ0) is 18.9. The van der Waals surface area contributed by atoms with E-state index in [0.29, 0.717) is 5.56 Å². The maximum atomic E-state index is 12.6. The van der Waals surface area contributed by atoms with Crippen molar-refractivity contribution in [1.82, 2.24) is 20.1 Å². The average molecular weight is 375 g/mol. The highest BCUT2D eigenvalue weighted by Gasteiger charge is 2.38. The fraction of sp³-hybridized carbons (Fsp3) is 0.333. The Hall–Kier alpha value is -2.97. The topological polar surface area (TPSA) is 67.9 Å². The van der Waals surface area contributed by atoms with E-state index < -0.39 is 12.1 Å². The first-order chi connectivity index (χ1) is 13.0. The normalized spacial score (nSPS) is 17.9. The molecule has 9 heteroatoms. The van der Waals surface area contributed by atoms with Gasteiger partial charge in [0.2, 0.25) is 5.82 Å². The Bertz CT molecular complexity index is 895. The molecule has 0 spiro atoms. The minimum absolute atomic E-state index is 0.135. The van der Waals surface area contributed by atoms with Crippen molar-refractivity contribution in [3.8, 4) is 11.4 Å². The van der Waals surface area contributed by atoms with Gasteiger partial charge in [0, 0.05) is 30.7 Å². The second-order valence-corrected chi connectivity index (χ2v) is 6.32. The molecule has 0 aliphatic carbocycles.